The Morgan fingerprint density at radius 1 is 1.19 bits per heavy atom. The van der Waals surface area contributed by atoms with Crippen molar-refractivity contribution in [1.82, 2.24) is 10.6 Å². The Hall–Kier alpha value is -3.08. The van der Waals surface area contributed by atoms with E-state index in [4.69, 9.17) is 15.1 Å². The van der Waals surface area contributed by atoms with Gasteiger partial charge in [0.1, 0.15) is 18.4 Å². The van der Waals surface area contributed by atoms with Crippen molar-refractivity contribution in [3.8, 4) is 11.8 Å². The number of rotatable bonds is 11. The van der Waals surface area contributed by atoms with Gasteiger partial charge >= 0.3 is 5.97 Å². The molecule has 0 saturated heterocycles. The molecule has 1 aromatic carbocycles. The third-order valence-electron chi connectivity index (χ3n) is 3.83. The van der Waals surface area contributed by atoms with Crippen LogP contribution in [0.2, 0.25) is 0 Å². The molecule has 1 aromatic rings. The first kappa shape index (κ1) is 22.0. The fraction of sp³-hybridized carbons (Fsp3) is 0.474. The minimum Gasteiger partial charge on any atom is -0.492 e. The van der Waals surface area contributed by atoms with Crippen LogP contribution in [-0.2, 0) is 14.4 Å². The monoisotopic (exact) mass is 375 g/mol. The van der Waals surface area contributed by atoms with Crippen molar-refractivity contribution in [2.75, 3.05) is 13.2 Å². The summed E-state index contributed by atoms with van der Waals surface area (Å²) in [5, 5.41) is 22.8. The molecule has 0 aliphatic rings. The minimum atomic E-state index is -1.18. The second kappa shape index (κ2) is 11.5. The van der Waals surface area contributed by atoms with Crippen LogP contribution in [-0.4, -0.2) is 42.1 Å². The van der Waals surface area contributed by atoms with Gasteiger partial charge in [-0.3, -0.25) is 14.4 Å². The predicted molar refractivity (Wildman–Crippen MR) is 97.7 cm³/mol. The lowest BCUT2D eigenvalue weighted by atomic mass is 9.91. The summed E-state index contributed by atoms with van der Waals surface area (Å²) in [4.78, 5) is 35.1. The van der Waals surface area contributed by atoms with Crippen LogP contribution in [0.1, 0.15) is 26.7 Å². The Bertz CT molecular complexity index is 670. The summed E-state index contributed by atoms with van der Waals surface area (Å²) in [5.74, 6) is -2.11. The molecular weight excluding hydrogens is 350 g/mol. The highest BCUT2D eigenvalue weighted by Gasteiger charge is 2.27. The number of nitriles is 1. The zero-order valence-electron chi connectivity index (χ0n) is 15.5. The highest BCUT2D eigenvalue weighted by molar-refractivity contribution is 5.86. The molecule has 3 N–H and O–H groups in total. The van der Waals surface area contributed by atoms with E-state index in [1.54, 1.807) is 19.9 Å². The van der Waals surface area contributed by atoms with Gasteiger partial charge in [-0.05, 0) is 18.1 Å². The summed E-state index contributed by atoms with van der Waals surface area (Å²) in [6.45, 7) is 4.16. The number of carboxylic acids is 1. The van der Waals surface area contributed by atoms with Crippen LogP contribution in [0.25, 0.3) is 0 Å². The van der Waals surface area contributed by atoms with E-state index in [9.17, 15) is 14.4 Å². The maximum atomic E-state index is 12.3. The summed E-state index contributed by atoms with van der Waals surface area (Å²) in [5.41, 5.74) is 0. The Labute approximate surface area is 158 Å². The number of nitrogens with one attached hydrogen (secondary N) is 2. The number of carbonyl (C=O) groups is 3. The number of carboxylic acid groups (broad SMARTS) is 1. The van der Waals surface area contributed by atoms with Gasteiger partial charge in [-0.1, -0.05) is 32.0 Å². The van der Waals surface area contributed by atoms with E-state index < -0.39 is 30.3 Å². The summed E-state index contributed by atoms with van der Waals surface area (Å²) < 4.78 is 5.47. The number of nitrogens with zero attached hydrogens (tertiary/aromatic N) is 1. The number of carbonyl (C=O) groups excluding carboxylic acids is 2. The molecule has 27 heavy (non-hydrogen) atoms. The zero-order chi connectivity index (χ0) is 20.2. The molecular formula is C19H25N3O5. The van der Waals surface area contributed by atoms with E-state index in [1.165, 1.54) is 0 Å². The van der Waals surface area contributed by atoms with Crippen molar-refractivity contribution in [2.24, 2.45) is 11.8 Å². The zero-order valence-corrected chi connectivity index (χ0v) is 15.5. The fourth-order valence-electron chi connectivity index (χ4n) is 2.36. The third kappa shape index (κ3) is 8.72. The van der Waals surface area contributed by atoms with Crippen molar-refractivity contribution in [1.29, 1.82) is 5.26 Å². The second-order valence-corrected chi connectivity index (χ2v) is 6.35. The van der Waals surface area contributed by atoms with Gasteiger partial charge < -0.3 is 20.5 Å². The molecule has 0 heterocycles. The average molecular weight is 375 g/mol. The number of hydrogen-bond donors (Lipinski definition) is 3. The maximum absolute atomic E-state index is 12.3. The smallest absolute Gasteiger partial charge is 0.306 e. The molecule has 2 atom stereocenters. The molecule has 2 unspecified atom stereocenters. The number of amides is 2. The Morgan fingerprint density at radius 3 is 2.41 bits per heavy atom. The van der Waals surface area contributed by atoms with E-state index >= 15 is 0 Å². The molecule has 2 amide bonds. The van der Waals surface area contributed by atoms with E-state index in [2.05, 4.69) is 10.6 Å². The molecule has 0 aromatic heterocycles. The van der Waals surface area contributed by atoms with Crippen LogP contribution >= 0.6 is 0 Å². The summed E-state index contributed by atoms with van der Waals surface area (Å²) in [6, 6.07) is 9.80. The van der Waals surface area contributed by atoms with E-state index in [1.807, 2.05) is 30.3 Å². The van der Waals surface area contributed by atoms with Crippen molar-refractivity contribution >= 4 is 17.8 Å². The minimum absolute atomic E-state index is 0.0555. The molecule has 146 valence electrons. The fourth-order valence-corrected chi connectivity index (χ4v) is 2.36. The van der Waals surface area contributed by atoms with Gasteiger partial charge in [0.15, 0.2) is 0 Å². The van der Waals surface area contributed by atoms with E-state index in [-0.39, 0.29) is 18.2 Å². The highest BCUT2D eigenvalue weighted by atomic mass is 16.5. The molecule has 0 radical (unpaired) electrons. The molecule has 1 rings (SSSR count). The Balaban J connectivity index is 2.45. The molecule has 0 fully saturated rings. The van der Waals surface area contributed by atoms with Crippen molar-refractivity contribution in [2.45, 2.75) is 32.7 Å². The topological polar surface area (TPSA) is 129 Å². The first-order valence-electron chi connectivity index (χ1n) is 8.69. The second-order valence-electron chi connectivity index (χ2n) is 6.35. The Morgan fingerprint density at radius 2 is 1.85 bits per heavy atom. The van der Waals surface area contributed by atoms with Gasteiger partial charge in [0.05, 0.1) is 19.0 Å². The maximum Gasteiger partial charge on any atom is 0.306 e. The number of aliphatic carboxylic acids is 1. The number of para-hydroxylation sites is 1. The third-order valence-corrected chi connectivity index (χ3v) is 3.83. The van der Waals surface area contributed by atoms with Gasteiger partial charge in [0.25, 0.3) is 0 Å². The first-order chi connectivity index (χ1) is 12.8. The summed E-state index contributed by atoms with van der Waals surface area (Å²) >= 11 is 0. The Kier molecular flexibility index (Phi) is 9.37. The predicted octanol–water partition coefficient (Wildman–Crippen LogP) is 1.33. The van der Waals surface area contributed by atoms with Crippen molar-refractivity contribution in [3.05, 3.63) is 30.3 Å². The quantitative estimate of drug-likeness (QED) is 0.501. The first-order valence-corrected chi connectivity index (χ1v) is 8.69. The number of hydrogen-bond acceptors (Lipinski definition) is 5. The lowest BCUT2D eigenvalue weighted by molar-refractivity contribution is -0.138. The molecule has 8 heteroatoms. The van der Waals surface area contributed by atoms with Crippen LogP contribution < -0.4 is 15.4 Å². The molecule has 0 spiro atoms. The largest absolute Gasteiger partial charge is 0.492 e. The van der Waals surface area contributed by atoms with Gasteiger partial charge in [0.2, 0.25) is 11.8 Å². The van der Waals surface area contributed by atoms with Crippen LogP contribution in [0.15, 0.2) is 30.3 Å². The van der Waals surface area contributed by atoms with E-state index in [0.717, 1.165) is 0 Å². The van der Waals surface area contributed by atoms with Crippen LogP contribution in [0, 0.1) is 23.2 Å². The SMILES string of the molecule is CC(C)C(CC(=O)NCCOc1ccccc1)C(=O)NC(C#N)CC(=O)O. The standard InChI is InChI=1S/C19H25N3O5/c1-13(2)16(19(26)22-14(12-20)10-18(24)25)11-17(23)21-8-9-27-15-6-4-3-5-7-15/h3-7,13-14,16H,8-11H2,1-2H3,(H,21,23)(H,22,26)(H,24,25). The van der Waals surface area contributed by atoms with Crippen LogP contribution in [0.5, 0.6) is 5.75 Å². The van der Waals surface area contributed by atoms with Crippen molar-refractivity contribution < 1.29 is 24.2 Å². The summed E-state index contributed by atoms with van der Waals surface area (Å²) in [6.07, 6.45) is -0.546. The molecule has 0 aliphatic heterocycles. The average Bonchev–Trinajstić information content (AvgIpc) is 2.62. The van der Waals surface area contributed by atoms with Gasteiger partial charge in [-0.25, -0.2) is 0 Å². The van der Waals surface area contributed by atoms with E-state index in [0.29, 0.717) is 18.9 Å². The van der Waals surface area contributed by atoms with Gasteiger partial charge in [-0.15, -0.1) is 0 Å². The molecule has 8 nitrogen and oxygen atoms in total. The van der Waals surface area contributed by atoms with Crippen LogP contribution in [0.4, 0.5) is 0 Å². The number of benzene rings is 1. The molecule has 0 saturated carbocycles. The normalized spacial score (nSPS) is 12.5. The van der Waals surface area contributed by atoms with Gasteiger partial charge in [0, 0.05) is 12.3 Å². The highest BCUT2D eigenvalue weighted by Crippen LogP contribution is 2.16. The van der Waals surface area contributed by atoms with Gasteiger partial charge in [-0.2, -0.15) is 5.26 Å². The van der Waals surface area contributed by atoms with Crippen LogP contribution in [0.3, 0.4) is 0 Å². The summed E-state index contributed by atoms with van der Waals surface area (Å²) in [7, 11) is 0. The lowest BCUT2D eigenvalue weighted by Gasteiger charge is -2.21. The lowest BCUT2D eigenvalue weighted by Crippen LogP contribution is -2.43. The molecule has 0 aliphatic carbocycles. The molecule has 0 bridgehead atoms. The number of ether oxygens (including phenoxy) is 1. The van der Waals surface area contributed by atoms with Crippen molar-refractivity contribution in [3.63, 3.8) is 0 Å².